The van der Waals surface area contributed by atoms with Gasteiger partial charge in [0.2, 0.25) is 0 Å². The highest BCUT2D eigenvalue weighted by molar-refractivity contribution is 6.30. The smallest absolute Gasteiger partial charge is 0.129 e. The first kappa shape index (κ1) is 16.0. The van der Waals surface area contributed by atoms with Crippen molar-refractivity contribution in [2.45, 2.75) is 12.8 Å². The highest BCUT2D eigenvalue weighted by Crippen LogP contribution is 2.26. The number of rotatable bonds is 2. The molecule has 25 heavy (non-hydrogen) atoms. The third-order valence-corrected chi connectivity index (χ3v) is 4.88. The van der Waals surface area contributed by atoms with E-state index in [1.807, 2.05) is 30.3 Å². The molecule has 3 aromatic rings. The molecule has 0 amide bonds. The van der Waals surface area contributed by atoms with Gasteiger partial charge in [0, 0.05) is 23.5 Å². The summed E-state index contributed by atoms with van der Waals surface area (Å²) < 4.78 is 0. The highest BCUT2D eigenvalue weighted by Gasteiger charge is 2.15. The summed E-state index contributed by atoms with van der Waals surface area (Å²) in [7, 11) is 0. The van der Waals surface area contributed by atoms with Crippen molar-refractivity contribution in [3.8, 4) is 5.75 Å². The summed E-state index contributed by atoms with van der Waals surface area (Å²) in [5, 5.41) is 11.3. The maximum atomic E-state index is 9.56. The fourth-order valence-corrected chi connectivity index (χ4v) is 3.37. The summed E-state index contributed by atoms with van der Waals surface area (Å²) in [6.45, 7) is 1.94. The molecular weight excluding hydrogens is 332 g/mol. The molecule has 3 nitrogen and oxygen atoms in total. The van der Waals surface area contributed by atoms with Gasteiger partial charge in [0.15, 0.2) is 0 Å². The highest BCUT2D eigenvalue weighted by atomic mass is 35.5. The fraction of sp³-hybridized carbons (Fsp3) is 0.190. The van der Waals surface area contributed by atoms with Crippen molar-refractivity contribution in [3.63, 3.8) is 0 Å². The second kappa shape index (κ2) is 6.77. The first-order valence-electron chi connectivity index (χ1n) is 8.47. The number of piperidine rings is 1. The van der Waals surface area contributed by atoms with Crippen LogP contribution in [0.15, 0.2) is 60.2 Å². The van der Waals surface area contributed by atoms with Crippen molar-refractivity contribution in [2.75, 3.05) is 18.0 Å². The molecule has 0 saturated carbocycles. The lowest BCUT2D eigenvalue weighted by molar-refractivity contribution is 0.476. The Balaban J connectivity index is 1.48. The van der Waals surface area contributed by atoms with E-state index in [2.05, 4.69) is 23.1 Å². The number of aromatic hydroxyl groups is 1. The number of benzene rings is 2. The summed E-state index contributed by atoms with van der Waals surface area (Å²) in [6, 6.07) is 17.3. The molecule has 0 spiro atoms. The third-order valence-electron chi connectivity index (χ3n) is 4.63. The van der Waals surface area contributed by atoms with Crippen molar-refractivity contribution in [3.05, 3.63) is 70.8 Å². The third kappa shape index (κ3) is 3.62. The number of halogens is 1. The van der Waals surface area contributed by atoms with Crippen LogP contribution in [0.25, 0.3) is 17.0 Å². The SMILES string of the molecule is Oc1ccc2nc(N3CCC(=Cc4ccc(Cl)cc4)CC3)ccc2c1. The number of phenolic OH excluding ortho intramolecular Hbond substituents is 1. The monoisotopic (exact) mass is 350 g/mol. The van der Waals surface area contributed by atoms with Crippen LogP contribution in [-0.4, -0.2) is 23.2 Å². The van der Waals surface area contributed by atoms with Crippen molar-refractivity contribution >= 4 is 34.4 Å². The predicted octanol–water partition coefficient (Wildman–Crippen LogP) is 5.28. The van der Waals surface area contributed by atoms with Crippen LogP contribution >= 0.6 is 11.6 Å². The van der Waals surface area contributed by atoms with E-state index in [1.54, 1.807) is 12.1 Å². The van der Waals surface area contributed by atoms with Crippen LogP contribution in [0.4, 0.5) is 5.82 Å². The topological polar surface area (TPSA) is 36.4 Å². The molecule has 0 radical (unpaired) electrons. The first-order chi connectivity index (χ1) is 12.2. The molecule has 0 bridgehead atoms. The molecular formula is C21H19ClN2O. The summed E-state index contributed by atoms with van der Waals surface area (Å²) in [6.07, 6.45) is 4.35. The Morgan fingerprint density at radius 3 is 2.48 bits per heavy atom. The second-order valence-electron chi connectivity index (χ2n) is 6.39. The number of phenols is 1. The summed E-state index contributed by atoms with van der Waals surface area (Å²) in [5.41, 5.74) is 3.58. The van der Waals surface area contributed by atoms with Crippen molar-refractivity contribution in [2.24, 2.45) is 0 Å². The maximum absolute atomic E-state index is 9.56. The summed E-state index contributed by atoms with van der Waals surface area (Å²) in [5.74, 6) is 1.28. The lowest BCUT2D eigenvalue weighted by Gasteiger charge is -2.29. The molecule has 2 heterocycles. The number of pyridine rings is 1. The van der Waals surface area contributed by atoms with Crippen LogP contribution in [0.1, 0.15) is 18.4 Å². The lowest BCUT2D eigenvalue weighted by Crippen LogP contribution is -2.31. The standard InChI is InChI=1S/C21H19ClN2O/c22-18-4-1-15(2-5-18)13-16-9-11-24(12-10-16)21-8-3-17-14-19(25)6-7-20(17)23-21/h1-8,13-14,25H,9-12H2. The van der Waals surface area contributed by atoms with Gasteiger partial charge in [0.1, 0.15) is 11.6 Å². The van der Waals surface area contributed by atoms with Crippen molar-refractivity contribution < 1.29 is 5.11 Å². The molecule has 0 aliphatic carbocycles. The van der Waals surface area contributed by atoms with E-state index < -0.39 is 0 Å². The number of anilines is 1. The van der Waals surface area contributed by atoms with Crippen LogP contribution in [0.3, 0.4) is 0 Å². The molecule has 0 unspecified atom stereocenters. The molecule has 1 N–H and O–H groups in total. The molecule has 4 rings (SSSR count). The molecule has 1 fully saturated rings. The van der Waals surface area contributed by atoms with Crippen molar-refractivity contribution in [1.29, 1.82) is 0 Å². The molecule has 1 aliphatic rings. The summed E-state index contributed by atoms with van der Waals surface area (Å²) >= 11 is 5.94. The zero-order chi connectivity index (χ0) is 17.2. The zero-order valence-corrected chi connectivity index (χ0v) is 14.6. The normalized spacial score (nSPS) is 14.8. The van der Waals surface area contributed by atoms with Gasteiger partial charge in [-0.1, -0.05) is 35.4 Å². The van der Waals surface area contributed by atoms with E-state index in [9.17, 15) is 5.11 Å². The number of fused-ring (bicyclic) bond motifs is 1. The Labute approximate surface area is 152 Å². The van der Waals surface area contributed by atoms with E-state index in [0.29, 0.717) is 0 Å². The van der Waals surface area contributed by atoms with Gasteiger partial charge in [-0.3, -0.25) is 0 Å². The van der Waals surface area contributed by atoms with E-state index in [1.165, 1.54) is 11.1 Å². The average Bonchev–Trinajstić information content (AvgIpc) is 2.64. The van der Waals surface area contributed by atoms with E-state index in [0.717, 1.165) is 47.7 Å². The quantitative estimate of drug-likeness (QED) is 0.683. The van der Waals surface area contributed by atoms with E-state index >= 15 is 0 Å². The summed E-state index contributed by atoms with van der Waals surface area (Å²) in [4.78, 5) is 7.06. The van der Waals surface area contributed by atoms with Crippen molar-refractivity contribution in [1.82, 2.24) is 4.98 Å². The van der Waals surface area contributed by atoms with Crippen LogP contribution in [0.5, 0.6) is 5.75 Å². The Kier molecular flexibility index (Phi) is 4.33. The molecule has 4 heteroatoms. The van der Waals surface area contributed by atoms with Gasteiger partial charge in [-0.05, 0) is 60.9 Å². The van der Waals surface area contributed by atoms with E-state index in [4.69, 9.17) is 16.6 Å². The molecule has 2 aromatic carbocycles. The number of aromatic nitrogens is 1. The largest absolute Gasteiger partial charge is 0.508 e. The molecule has 126 valence electrons. The molecule has 1 saturated heterocycles. The minimum absolute atomic E-state index is 0.275. The Morgan fingerprint density at radius 1 is 0.960 bits per heavy atom. The second-order valence-corrected chi connectivity index (χ2v) is 6.82. The Bertz CT molecular complexity index is 924. The maximum Gasteiger partial charge on any atom is 0.129 e. The van der Waals surface area contributed by atoms with Gasteiger partial charge in [-0.2, -0.15) is 0 Å². The molecule has 0 atom stereocenters. The predicted molar refractivity (Wildman–Crippen MR) is 104 cm³/mol. The lowest BCUT2D eigenvalue weighted by atomic mass is 10.0. The van der Waals surface area contributed by atoms with Gasteiger partial charge in [-0.25, -0.2) is 4.98 Å². The minimum atomic E-state index is 0.275. The Hall–Kier alpha value is -2.52. The molecule has 1 aromatic heterocycles. The van der Waals surface area contributed by atoms with Gasteiger partial charge in [0.25, 0.3) is 0 Å². The van der Waals surface area contributed by atoms with E-state index in [-0.39, 0.29) is 5.75 Å². The van der Waals surface area contributed by atoms with Crippen LogP contribution in [0.2, 0.25) is 5.02 Å². The van der Waals surface area contributed by atoms with Gasteiger partial charge >= 0.3 is 0 Å². The number of nitrogens with zero attached hydrogens (tertiary/aromatic N) is 2. The number of hydrogen-bond acceptors (Lipinski definition) is 3. The van der Waals surface area contributed by atoms with Gasteiger partial charge in [-0.15, -0.1) is 0 Å². The first-order valence-corrected chi connectivity index (χ1v) is 8.85. The molecule has 1 aliphatic heterocycles. The zero-order valence-electron chi connectivity index (χ0n) is 13.8. The van der Waals surface area contributed by atoms with Crippen LogP contribution < -0.4 is 4.90 Å². The van der Waals surface area contributed by atoms with Crippen LogP contribution in [-0.2, 0) is 0 Å². The minimum Gasteiger partial charge on any atom is -0.508 e. The van der Waals surface area contributed by atoms with Gasteiger partial charge in [0.05, 0.1) is 5.52 Å². The fourth-order valence-electron chi connectivity index (χ4n) is 3.24. The number of hydrogen-bond donors (Lipinski definition) is 1. The van der Waals surface area contributed by atoms with Gasteiger partial charge < -0.3 is 10.0 Å². The Morgan fingerprint density at radius 2 is 1.72 bits per heavy atom. The average molecular weight is 351 g/mol. The van der Waals surface area contributed by atoms with Crippen LogP contribution in [0, 0.1) is 0 Å².